The topological polar surface area (TPSA) is 63.3 Å². The summed E-state index contributed by atoms with van der Waals surface area (Å²) in [6, 6.07) is 14.7. The van der Waals surface area contributed by atoms with Crippen molar-refractivity contribution in [3.8, 4) is 0 Å². The summed E-state index contributed by atoms with van der Waals surface area (Å²) in [6.45, 7) is 2.08. The summed E-state index contributed by atoms with van der Waals surface area (Å²) >= 11 is 0. The standard InChI is InChI=1S/C15H15NO2/c1-10(12-6-8-14(16)9-7-12)11-2-4-13(5-3-11)15(17)18/h2-10H,16H2,1H3,(H,17,18). The molecule has 0 aliphatic heterocycles. The summed E-state index contributed by atoms with van der Waals surface area (Å²) in [5, 5.41) is 8.85. The first kappa shape index (κ1) is 12.2. The molecule has 0 saturated heterocycles. The number of benzene rings is 2. The minimum atomic E-state index is -0.901. The smallest absolute Gasteiger partial charge is 0.335 e. The van der Waals surface area contributed by atoms with E-state index in [0.29, 0.717) is 5.56 Å². The van der Waals surface area contributed by atoms with E-state index in [9.17, 15) is 4.79 Å². The minimum absolute atomic E-state index is 0.216. The van der Waals surface area contributed by atoms with Crippen LogP contribution in [0.15, 0.2) is 48.5 Å². The average molecular weight is 241 g/mol. The van der Waals surface area contributed by atoms with E-state index >= 15 is 0 Å². The first-order chi connectivity index (χ1) is 8.58. The monoisotopic (exact) mass is 241 g/mol. The van der Waals surface area contributed by atoms with Crippen molar-refractivity contribution < 1.29 is 9.90 Å². The number of carboxylic acids is 1. The van der Waals surface area contributed by atoms with Crippen molar-refractivity contribution in [2.75, 3.05) is 5.73 Å². The number of nitrogen functional groups attached to an aromatic ring is 1. The molecule has 0 heterocycles. The number of carboxylic acid groups (broad SMARTS) is 1. The van der Waals surface area contributed by atoms with E-state index in [2.05, 4.69) is 6.92 Å². The van der Waals surface area contributed by atoms with Gasteiger partial charge in [-0.1, -0.05) is 31.2 Å². The van der Waals surface area contributed by atoms with Crippen LogP contribution in [0.5, 0.6) is 0 Å². The molecule has 0 fully saturated rings. The Labute approximate surface area is 106 Å². The van der Waals surface area contributed by atoms with Crippen LogP contribution in [0, 0.1) is 0 Å². The van der Waals surface area contributed by atoms with Crippen molar-refractivity contribution in [1.29, 1.82) is 0 Å². The number of carbonyl (C=O) groups is 1. The number of anilines is 1. The molecular weight excluding hydrogens is 226 g/mol. The first-order valence-electron chi connectivity index (χ1n) is 5.76. The van der Waals surface area contributed by atoms with Crippen LogP contribution in [0.3, 0.4) is 0 Å². The molecule has 2 rings (SSSR count). The maximum absolute atomic E-state index is 10.8. The lowest BCUT2D eigenvalue weighted by Gasteiger charge is -2.12. The Morgan fingerprint density at radius 2 is 1.44 bits per heavy atom. The molecule has 3 heteroatoms. The Hall–Kier alpha value is -2.29. The van der Waals surface area contributed by atoms with E-state index in [4.69, 9.17) is 10.8 Å². The van der Waals surface area contributed by atoms with Gasteiger partial charge in [-0.05, 0) is 35.4 Å². The van der Waals surface area contributed by atoms with Gasteiger partial charge in [0.25, 0.3) is 0 Å². The molecule has 0 aliphatic carbocycles. The van der Waals surface area contributed by atoms with E-state index in [1.807, 2.05) is 36.4 Å². The number of rotatable bonds is 3. The summed E-state index contributed by atoms with van der Waals surface area (Å²) in [4.78, 5) is 10.8. The van der Waals surface area contributed by atoms with Gasteiger partial charge in [-0.3, -0.25) is 0 Å². The predicted molar refractivity (Wildman–Crippen MR) is 71.8 cm³/mol. The zero-order valence-corrected chi connectivity index (χ0v) is 10.1. The molecule has 0 aliphatic rings. The Morgan fingerprint density at radius 1 is 1.00 bits per heavy atom. The number of nitrogens with two attached hydrogens (primary N) is 1. The molecule has 2 aromatic carbocycles. The second kappa shape index (κ2) is 4.92. The summed E-state index contributed by atoms with van der Waals surface area (Å²) in [5.74, 6) is -0.685. The van der Waals surface area contributed by atoms with Gasteiger partial charge in [-0.25, -0.2) is 4.79 Å². The lowest BCUT2D eigenvalue weighted by molar-refractivity contribution is 0.0697. The fraction of sp³-hybridized carbons (Fsp3) is 0.133. The highest BCUT2D eigenvalue weighted by Crippen LogP contribution is 2.24. The summed E-state index contributed by atoms with van der Waals surface area (Å²) < 4.78 is 0. The van der Waals surface area contributed by atoms with Gasteiger partial charge in [0.2, 0.25) is 0 Å². The maximum atomic E-state index is 10.8. The summed E-state index contributed by atoms with van der Waals surface area (Å²) in [7, 11) is 0. The first-order valence-corrected chi connectivity index (χ1v) is 5.76. The predicted octanol–water partition coefficient (Wildman–Crippen LogP) is 3.12. The van der Waals surface area contributed by atoms with Crippen molar-refractivity contribution in [2.24, 2.45) is 0 Å². The normalized spacial score (nSPS) is 12.1. The van der Waals surface area contributed by atoms with Gasteiger partial charge in [-0.15, -0.1) is 0 Å². The molecule has 1 unspecified atom stereocenters. The fourth-order valence-electron chi connectivity index (χ4n) is 1.89. The van der Waals surface area contributed by atoms with E-state index in [1.54, 1.807) is 12.1 Å². The van der Waals surface area contributed by atoms with Crippen molar-refractivity contribution in [2.45, 2.75) is 12.8 Å². The molecule has 0 amide bonds. The molecule has 2 aromatic rings. The van der Waals surface area contributed by atoms with Crippen LogP contribution in [-0.4, -0.2) is 11.1 Å². The largest absolute Gasteiger partial charge is 0.478 e. The van der Waals surface area contributed by atoms with Crippen LogP contribution in [0.4, 0.5) is 5.69 Å². The molecule has 0 spiro atoms. The Balaban J connectivity index is 2.25. The second-order valence-electron chi connectivity index (χ2n) is 4.32. The SMILES string of the molecule is CC(c1ccc(N)cc1)c1ccc(C(=O)O)cc1. The molecular formula is C15H15NO2. The van der Waals surface area contributed by atoms with Crippen LogP contribution < -0.4 is 5.73 Å². The molecule has 0 bridgehead atoms. The van der Waals surface area contributed by atoms with Crippen molar-refractivity contribution in [3.63, 3.8) is 0 Å². The second-order valence-corrected chi connectivity index (χ2v) is 4.32. The third-order valence-corrected chi connectivity index (χ3v) is 3.09. The lowest BCUT2D eigenvalue weighted by Crippen LogP contribution is -1.99. The van der Waals surface area contributed by atoms with Crippen LogP contribution in [0.2, 0.25) is 0 Å². The van der Waals surface area contributed by atoms with Crippen LogP contribution in [0.1, 0.15) is 34.3 Å². The van der Waals surface area contributed by atoms with Crippen molar-refractivity contribution in [3.05, 3.63) is 65.2 Å². The highest BCUT2D eigenvalue weighted by molar-refractivity contribution is 5.87. The van der Waals surface area contributed by atoms with Gasteiger partial charge >= 0.3 is 5.97 Å². The van der Waals surface area contributed by atoms with Crippen molar-refractivity contribution >= 4 is 11.7 Å². The molecule has 0 aromatic heterocycles. The molecule has 3 nitrogen and oxygen atoms in total. The van der Waals surface area contributed by atoms with Crippen LogP contribution in [0.25, 0.3) is 0 Å². The molecule has 92 valence electrons. The van der Waals surface area contributed by atoms with Gasteiger partial charge in [-0.2, -0.15) is 0 Å². The zero-order chi connectivity index (χ0) is 13.1. The number of hydrogen-bond donors (Lipinski definition) is 2. The summed E-state index contributed by atoms with van der Waals surface area (Å²) in [5.41, 5.74) is 8.95. The van der Waals surface area contributed by atoms with E-state index < -0.39 is 5.97 Å². The Kier molecular flexibility index (Phi) is 3.33. The molecule has 3 N–H and O–H groups in total. The van der Waals surface area contributed by atoms with Crippen molar-refractivity contribution in [1.82, 2.24) is 0 Å². The summed E-state index contributed by atoms with van der Waals surface area (Å²) in [6.07, 6.45) is 0. The maximum Gasteiger partial charge on any atom is 0.335 e. The molecule has 18 heavy (non-hydrogen) atoms. The minimum Gasteiger partial charge on any atom is -0.478 e. The fourth-order valence-corrected chi connectivity index (χ4v) is 1.89. The highest BCUT2D eigenvalue weighted by atomic mass is 16.4. The third kappa shape index (κ3) is 2.51. The molecule has 0 saturated carbocycles. The third-order valence-electron chi connectivity index (χ3n) is 3.09. The van der Waals surface area contributed by atoms with Crippen LogP contribution >= 0.6 is 0 Å². The number of aromatic carboxylic acids is 1. The van der Waals surface area contributed by atoms with Crippen LogP contribution in [-0.2, 0) is 0 Å². The van der Waals surface area contributed by atoms with Gasteiger partial charge < -0.3 is 10.8 Å². The average Bonchev–Trinajstić information content (AvgIpc) is 2.39. The van der Waals surface area contributed by atoms with E-state index in [1.165, 1.54) is 0 Å². The van der Waals surface area contributed by atoms with Gasteiger partial charge in [0.05, 0.1) is 5.56 Å². The zero-order valence-electron chi connectivity index (χ0n) is 10.1. The lowest BCUT2D eigenvalue weighted by atomic mass is 9.92. The molecule has 1 atom stereocenters. The molecule has 0 radical (unpaired) electrons. The van der Waals surface area contributed by atoms with Gasteiger partial charge in [0.15, 0.2) is 0 Å². The van der Waals surface area contributed by atoms with E-state index in [0.717, 1.165) is 16.8 Å². The highest BCUT2D eigenvalue weighted by Gasteiger charge is 2.09. The number of hydrogen-bond acceptors (Lipinski definition) is 2. The quantitative estimate of drug-likeness (QED) is 0.811. The van der Waals surface area contributed by atoms with E-state index in [-0.39, 0.29) is 5.92 Å². The van der Waals surface area contributed by atoms with Gasteiger partial charge in [0.1, 0.15) is 0 Å². The Bertz CT molecular complexity index is 544. The Morgan fingerprint density at radius 3 is 1.89 bits per heavy atom. The van der Waals surface area contributed by atoms with Gasteiger partial charge in [0, 0.05) is 11.6 Å².